The van der Waals surface area contributed by atoms with Gasteiger partial charge in [0.05, 0.1) is 19.8 Å². The molecule has 1 fully saturated rings. The van der Waals surface area contributed by atoms with E-state index in [1.165, 1.54) is 0 Å². The minimum absolute atomic E-state index is 0.159. The van der Waals surface area contributed by atoms with E-state index in [0.29, 0.717) is 24.2 Å². The normalized spacial score (nSPS) is 26.0. The first-order valence-corrected chi connectivity index (χ1v) is 10.6. The molecule has 0 aromatic rings. The van der Waals surface area contributed by atoms with Crippen LogP contribution in [0, 0.1) is 5.92 Å². The van der Waals surface area contributed by atoms with Crippen LogP contribution in [0.25, 0.3) is 0 Å². The SMILES string of the molecule is CCOC(=O)C1(SP(=O)(OCC)OCC)CC(C)CCC1=O. The second-order valence-corrected chi connectivity index (χ2v) is 9.37. The molecular weight excluding hydrogens is 327 g/mol. The summed E-state index contributed by atoms with van der Waals surface area (Å²) in [6.45, 7) is 3.93. The van der Waals surface area contributed by atoms with Crippen molar-refractivity contribution in [3.8, 4) is 0 Å². The van der Waals surface area contributed by atoms with Crippen LogP contribution in [0.2, 0.25) is 0 Å². The average molecular weight is 352 g/mol. The zero-order valence-electron chi connectivity index (χ0n) is 13.6. The maximum Gasteiger partial charge on any atom is 0.390 e. The van der Waals surface area contributed by atoms with E-state index < -0.39 is 17.5 Å². The van der Waals surface area contributed by atoms with Gasteiger partial charge in [0, 0.05) is 6.42 Å². The van der Waals surface area contributed by atoms with Crippen molar-refractivity contribution in [1.29, 1.82) is 0 Å². The molecular formula is C14H25O6PS. The first-order valence-electron chi connectivity index (χ1n) is 7.64. The Labute approximate surface area is 135 Å². The van der Waals surface area contributed by atoms with Crippen molar-refractivity contribution in [1.82, 2.24) is 0 Å². The van der Waals surface area contributed by atoms with E-state index in [1.54, 1.807) is 20.8 Å². The summed E-state index contributed by atoms with van der Waals surface area (Å²) in [5.74, 6) is -0.740. The quantitative estimate of drug-likeness (QED) is 0.375. The van der Waals surface area contributed by atoms with Crippen molar-refractivity contribution in [2.24, 2.45) is 5.92 Å². The Morgan fingerprint density at radius 3 is 2.36 bits per heavy atom. The van der Waals surface area contributed by atoms with Crippen LogP contribution in [0.15, 0.2) is 0 Å². The Balaban J connectivity index is 3.16. The monoisotopic (exact) mass is 352 g/mol. The Morgan fingerprint density at radius 2 is 1.86 bits per heavy atom. The average Bonchev–Trinajstić information content (AvgIpc) is 2.43. The molecule has 0 aromatic heterocycles. The van der Waals surface area contributed by atoms with Gasteiger partial charge in [0.2, 0.25) is 0 Å². The molecule has 2 unspecified atom stereocenters. The van der Waals surface area contributed by atoms with E-state index in [4.69, 9.17) is 13.8 Å². The number of carbonyl (C=O) groups is 2. The molecule has 8 heteroatoms. The molecule has 0 spiro atoms. The number of esters is 1. The molecule has 1 aliphatic rings. The molecule has 128 valence electrons. The summed E-state index contributed by atoms with van der Waals surface area (Å²) in [6.07, 6.45) is 1.28. The predicted octanol–water partition coefficient (Wildman–Crippen LogP) is 3.59. The van der Waals surface area contributed by atoms with Crippen molar-refractivity contribution < 1.29 is 27.9 Å². The minimum Gasteiger partial charge on any atom is -0.465 e. The van der Waals surface area contributed by atoms with Crippen molar-refractivity contribution in [3.05, 3.63) is 0 Å². The van der Waals surface area contributed by atoms with Gasteiger partial charge in [-0.05, 0) is 50.9 Å². The number of ether oxygens (including phenoxy) is 1. The number of rotatable bonds is 8. The van der Waals surface area contributed by atoms with Gasteiger partial charge >= 0.3 is 12.8 Å². The first kappa shape index (κ1) is 19.7. The fourth-order valence-corrected chi connectivity index (χ4v) is 7.19. The molecule has 6 nitrogen and oxygen atoms in total. The van der Waals surface area contributed by atoms with E-state index in [1.807, 2.05) is 6.92 Å². The zero-order valence-corrected chi connectivity index (χ0v) is 15.3. The van der Waals surface area contributed by atoms with Crippen LogP contribution < -0.4 is 0 Å². The summed E-state index contributed by atoms with van der Waals surface area (Å²) in [5, 5.41) is 0. The molecule has 0 N–H and O–H groups in total. The van der Waals surface area contributed by atoms with Crippen LogP contribution >= 0.6 is 18.2 Å². The third kappa shape index (κ3) is 4.57. The van der Waals surface area contributed by atoms with Crippen molar-refractivity contribution in [2.45, 2.75) is 51.7 Å². The van der Waals surface area contributed by atoms with Gasteiger partial charge in [-0.1, -0.05) is 6.92 Å². The number of Topliss-reactive ketones (excluding diaryl/α,β-unsaturated/α-hetero) is 1. The van der Waals surface area contributed by atoms with Crippen molar-refractivity contribution in [2.75, 3.05) is 19.8 Å². The standard InChI is InChI=1S/C14H25O6PS/c1-5-18-13(16)14(10-11(4)8-9-12(14)15)22-21(17,19-6-2)20-7-3/h11H,5-10H2,1-4H3. The van der Waals surface area contributed by atoms with Crippen LogP contribution in [0.1, 0.15) is 47.0 Å². The summed E-state index contributed by atoms with van der Waals surface area (Å²) >= 11 is 0.712. The van der Waals surface area contributed by atoms with Crippen LogP contribution in [0.4, 0.5) is 0 Å². The topological polar surface area (TPSA) is 78.9 Å². The fraction of sp³-hybridized carbons (Fsp3) is 0.857. The summed E-state index contributed by atoms with van der Waals surface area (Å²) < 4.78 is 26.9. The second-order valence-electron chi connectivity index (χ2n) is 5.19. The highest BCUT2D eigenvalue weighted by molar-refractivity contribution is 8.56. The molecule has 2 atom stereocenters. The van der Waals surface area contributed by atoms with Gasteiger partial charge in [0.15, 0.2) is 10.5 Å². The summed E-state index contributed by atoms with van der Waals surface area (Å²) in [6, 6.07) is 0. The van der Waals surface area contributed by atoms with E-state index in [2.05, 4.69) is 0 Å². The zero-order chi connectivity index (χ0) is 16.8. The Bertz CT molecular complexity index is 445. The van der Waals surface area contributed by atoms with Gasteiger partial charge in [0.25, 0.3) is 0 Å². The minimum atomic E-state index is -3.60. The fourth-order valence-electron chi connectivity index (χ4n) is 2.45. The number of hydrogen-bond acceptors (Lipinski definition) is 7. The van der Waals surface area contributed by atoms with Gasteiger partial charge in [-0.3, -0.25) is 9.59 Å². The molecule has 22 heavy (non-hydrogen) atoms. The third-order valence-electron chi connectivity index (χ3n) is 3.40. The number of ketones is 1. The van der Waals surface area contributed by atoms with E-state index in [0.717, 1.165) is 0 Å². The summed E-state index contributed by atoms with van der Waals surface area (Å²) in [5.41, 5.74) is 0. The lowest BCUT2D eigenvalue weighted by atomic mass is 9.80. The van der Waals surface area contributed by atoms with Crippen molar-refractivity contribution >= 4 is 29.9 Å². The molecule has 0 heterocycles. The van der Waals surface area contributed by atoms with Crippen LogP contribution in [-0.2, 0) is 27.9 Å². The van der Waals surface area contributed by atoms with Crippen molar-refractivity contribution in [3.63, 3.8) is 0 Å². The molecule has 1 aliphatic carbocycles. The maximum absolute atomic E-state index is 12.8. The van der Waals surface area contributed by atoms with Crippen LogP contribution in [0.3, 0.4) is 0 Å². The van der Waals surface area contributed by atoms with Gasteiger partial charge < -0.3 is 13.8 Å². The molecule has 0 aliphatic heterocycles. The number of carbonyl (C=O) groups excluding carboxylic acids is 2. The Hall–Kier alpha value is -0.360. The lowest BCUT2D eigenvalue weighted by molar-refractivity contribution is -0.150. The third-order valence-corrected chi connectivity index (χ3v) is 7.88. The smallest absolute Gasteiger partial charge is 0.390 e. The van der Waals surface area contributed by atoms with E-state index in [-0.39, 0.29) is 37.9 Å². The second kappa shape index (κ2) is 8.48. The predicted molar refractivity (Wildman–Crippen MR) is 85.8 cm³/mol. The summed E-state index contributed by atoms with van der Waals surface area (Å²) in [7, 11) is 0. The maximum atomic E-state index is 12.8. The highest BCUT2D eigenvalue weighted by Gasteiger charge is 2.55. The van der Waals surface area contributed by atoms with Gasteiger partial charge in [-0.2, -0.15) is 0 Å². The lowest BCUT2D eigenvalue weighted by Gasteiger charge is -2.36. The van der Waals surface area contributed by atoms with E-state index in [9.17, 15) is 14.2 Å². The van der Waals surface area contributed by atoms with E-state index >= 15 is 0 Å². The Morgan fingerprint density at radius 1 is 1.27 bits per heavy atom. The Kier molecular flexibility index (Phi) is 7.59. The highest BCUT2D eigenvalue weighted by Crippen LogP contribution is 2.67. The molecule has 0 aromatic carbocycles. The molecule has 0 radical (unpaired) electrons. The van der Waals surface area contributed by atoms with Crippen LogP contribution in [-0.4, -0.2) is 36.3 Å². The van der Waals surface area contributed by atoms with Gasteiger partial charge in [-0.25, -0.2) is 4.57 Å². The lowest BCUT2D eigenvalue weighted by Crippen LogP contribution is -2.48. The van der Waals surface area contributed by atoms with Gasteiger partial charge in [0.1, 0.15) is 0 Å². The molecule has 0 amide bonds. The van der Waals surface area contributed by atoms with Gasteiger partial charge in [-0.15, -0.1) is 0 Å². The molecule has 0 bridgehead atoms. The number of hydrogen-bond donors (Lipinski definition) is 0. The molecule has 1 rings (SSSR count). The first-order chi connectivity index (χ1) is 10.3. The molecule has 1 saturated carbocycles. The molecule has 0 saturated heterocycles. The summed E-state index contributed by atoms with van der Waals surface area (Å²) in [4.78, 5) is 25.0. The highest BCUT2D eigenvalue weighted by atomic mass is 32.7. The largest absolute Gasteiger partial charge is 0.465 e. The van der Waals surface area contributed by atoms with Crippen LogP contribution in [0.5, 0.6) is 0 Å².